The molecule has 0 heterocycles. The summed E-state index contributed by atoms with van der Waals surface area (Å²) in [6.45, 7) is 7.38. The van der Waals surface area contributed by atoms with Crippen LogP contribution in [0.1, 0.15) is 52.4 Å². The molecule has 0 aromatic rings. The summed E-state index contributed by atoms with van der Waals surface area (Å²) < 4.78 is 0. The summed E-state index contributed by atoms with van der Waals surface area (Å²) in [4.78, 5) is 2.77. The molecule has 17 heavy (non-hydrogen) atoms. The molecule has 0 aliphatic heterocycles. The van der Waals surface area contributed by atoms with E-state index in [0.29, 0.717) is 17.5 Å². The molecule has 3 rings (SSSR count). The van der Waals surface area contributed by atoms with Gasteiger partial charge in [-0.05, 0) is 55.8 Å². The monoisotopic (exact) mass is 236 g/mol. The van der Waals surface area contributed by atoms with Crippen molar-refractivity contribution in [2.45, 2.75) is 64.5 Å². The van der Waals surface area contributed by atoms with Crippen LogP contribution in [-0.4, -0.2) is 30.1 Å². The van der Waals surface area contributed by atoms with Gasteiger partial charge in [0.25, 0.3) is 0 Å². The highest BCUT2D eigenvalue weighted by Gasteiger charge is 2.44. The zero-order valence-electron chi connectivity index (χ0n) is 11.5. The third-order valence-corrected chi connectivity index (χ3v) is 5.25. The fourth-order valence-corrected chi connectivity index (χ4v) is 3.41. The molecule has 2 N–H and O–H groups in total. The van der Waals surface area contributed by atoms with E-state index in [4.69, 9.17) is 5.73 Å². The molecule has 3 fully saturated rings. The topological polar surface area (TPSA) is 29.3 Å². The van der Waals surface area contributed by atoms with Crippen LogP contribution in [0.5, 0.6) is 0 Å². The Labute approximate surface area is 106 Å². The van der Waals surface area contributed by atoms with E-state index in [1.165, 1.54) is 51.6 Å². The standard InChI is InChI=1S/C15H28N2/c1-15(2)8-7-13(14(15)16)17(9-11-3-4-11)10-12-5-6-12/h11-14H,3-10,16H2,1-2H3. The molecule has 0 aromatic carbocycles. The lowest BCUT2D eigenvalue weighted by molar-refractivity contribution is 0.151. The minimum absolute atomic E-state index is 0.357. The third-order valence-electron chi connectivity index (χ3n) is 5.25. The molecule has 0 radical (unpaired) electrons. The maximum atomic E-state index is 6.51. The second-order valence-electron chi connectivity index (χ2n) is 7.46. The molecule has 2 unspecified atom stereocenters. The van der Waals surface area contributed by atoms with Crippen molar-refractivity contribution in [2.24, 2.45) is 23.0 Å². The number of hydrogen-bond donors (Lipinski definition) is 1. The largest absolute Gasteiger partial charge is 0.326 e. The lowest BCUT2D eigenvalue weighted by Crippen LogP contribution is -2.50. The van der Waals surface area contributed by atoms with Crippen LogP contribution in [0.15, 0.2) is 0 Å². The Morgan fingerprint density at radius 2 is 1.53 bits per heavy atom. The van der Waals surface area contributed by atoms with Gasteiger partial charge in [-0.3, -0.25) is 4.90 Å². The third kappa shape index (κ3) is 2.68. The van der Waals surface area contributed by atoms with Crippen LogP contribution in [0, 0.1) is 17.3 Å². The van der Waals surface area contributed by atoms with Gasteiger partial charge in [0.15, 0.2) is 0 Å². The van der Waals surface area contributed by atoms with E-state index in [9.17, 15) is 0 Å². The molecule has 3 saturated carbocycles. The van der Waals surface area contributed by atoms with E-state index >= 15 is 0 Å². The van der Waals surface area contributed by atoms with Crippen LogP contribution in [-0.2, 0) is 0 Å². The van der Waals surface area contributed by atoms with Crippen molar-refractivity contribution in [2.75, 3.05) is 13.1 Å². The van der Waals surface area contributed by atoms with E-state index in [2.05, 4.69) is 18.7 Å². The SMILES string of the molecule is CC1(C)CCC(N(CC2CC2)CC2CC2)C1N. The number of nitrogens with zero attached hydrogens (tertiary/aromatic N) is 1. The lowest BCUT2D eigenvalue weighted by atomic mass is 9.87. The van der Waals surface area contributed by atoms with Crippen LogP contribution in [0.2, 0.25) is 0 Å². The highest BCUT2D eigenvalue weighted by Crippen LogP contribution is 2.42. The maximum Gasteiger partial charge on any atom is 0.0252 e. The van der Waals surface area contributed by atoms with E-state index in [1.807, 2.05) is 0 Å². The van der Waals surface area contributed by atoms with Crippen LogP contribution in [0.4, 0.5) is 0 Å². The molecule has 2 atom stereocenters. The van der Waals surface area contributed by atoms with Crippen LogP contribution in [0.25, 0.3) is 0 Å². The zero-order valence-corrected chi connectivity index (χ0v) is 11.5. The first-order valence-corrected chi connectivity index (χ1v) is 7.56. The van der Waals surface area contributed by atoms with Crippen molar-refractivity contribution < 1.29 is 0 Å². The second kappa shape index (κ2) is 4.24. The fourth-order valence-electron chi connectivity index (χ4n) is 3.41. The van der Waals surface area contributed by atoms with Crippen LogP contribution in [0.3, 0.4) is 0 Å². The molecular weight excluding hydrogens is 208 g/mol. The van der Waals surface area contributed by atoms with Crippen molar-refractivity contribution in [1.29, 1.82) is 0 Å². The molecule has 3 aliphatic carbocycles. The Balaban J connectivity index is 1.64. The summed E-state index contributed by atoms with van der Waals surface area (Å²) in [6, 6.07) is 1.06. The van der Waals surface area contributed by atoms with Gasteiger partial charge in [-0.15, -0.1) is 0 Å². The van der Waals surface area contributed by atoms with Gasteiger partial charge in [-0.2, -0.15) is 0 Å². The highest BCUT2D eigenvalue weighted by molar-refractivity contribution is 5.00. The van der Waals surface area contributed by atoms with Crippen molar-refractivity contribution >= 4 is 0 Å². The van der Waals surface area contributed by atoms with Crippen molar-refractivity contribution in [3.63, 3.8) is 0 Å². The van der Waals surface area contributed by atoms with Gasteiger partial charge in [0.05, 0.1) is 0 Å². The van der Waals surface area contributed by atoms with E-state index in [0.717, 1.165) is 11.8 Å². The first kappa shape index (κ1) is 12.0. The van der Waals surface area contributed by atoms with Gasteiger partial charge in [0, 0.05) is 25.2 Å². The first-order chi connectivity index (χ1) is 8.06. The Bertz CT molecular complexity index is 265. The Morgan fingerprint density at radius 3 is 1.88 bits per heavy atom. The normalized spacial score (nSPS) is 36.7. The van der Waals surface area contributed by atoms with Gasteiger partial charge in [-0.1, -0.05) is 13.8 Å². The first-order valence-electron chi connectivity index (χ1n) is 7.56. The summed E-state index contributed by atoms with van der Waals surface area (Å²) in [7, 11) is 0. The molecular formula is C15H28N2. The second-order valence-corrected chi connectivity index (χ2v) is 7.46. The predicted molar refractivity (Wildman–Crippen MR) is 71.8 cm³/mol. The summed E-state index contributed by atoms with van der Waals surface area (Å²) >= 11 is 0. The average molecular weight is 236 g/mol. The van der Waals surface area contributed by atoms with Crippen molar-refractivity contribution in [3.05, 3.63) is 0 Å². The van der Waals surface area contributed by atoms with Gasteiger partial charge < -0.3 is 5.73 Å². The smallest absolute Gasteiger partial charge is 0.0252 e. The predicted octanol–water partition coefficient (Wildman–Crippen LogP) is 2.62. The van der Waals surface area contributed by atoms with Gasteiger partial charge in [-0.25, -0.2) is 0 Å². The minimum atomic E-state index is 0.357. The molecule has 2 heteroatoms. The quantitative estimate of drug-likeness (QED) is 0.795. The van der Waals surface area contributed by atoms with E-state index in [-0.39, 0.29) is 0 Å². The number of nitrogens with two attached hydrogens (primary N) is 1. The summed E-state index contributed by atoms with van der Waals surface area (Å²) in [5, 5.41) is 0. The molecule has 0 amide bonds. The van der Waals surface area contributed by atoms with E-state index < -0.39 is 0 Å². The number of hydrogen-bond acceptors (Lipinski definition) is 2. The van der Waals surface area contributed by atoms with Crippen LogP contribution < -0.4 is 5.73 Å². The Hall–Kier alpha value is -0.0800. The summed E-state index contributed by atoms with van der Waals surface area (Å²) in [6.07, 6.45) is 8.50. The molecule has 98 valence electrons. The zero-order chi connectivity index (χ0) is 12.0. The Morgan fingerprint density at radius 1 is 1.00 bits per heavy atom. The highest BCUT2D eigenvalue weighted by atomic mass is 15.2. The molecule has 0 aromatic heterocycles. The number of rotatable bonds is 5. The van der Waals surface area contributed by atoms with Crippen molar-refractivity contribution in [3.8, 4) is 0 Å². The minimum Gasteiger partial charge on any atom is -0.326 e. The maximum absolute atomic E-state index is 6.51. The van der Waals surface area contributed by atoms with Gasteiger partial charge >= 0.3 is 0 Å². The fraction of sp³-hybridized carbons (Fsp3) is 1.00. The van der Waals surface area contributed by atoms with Gasteiger partial charge in [0.1, 0.15) is 0 Å². The van der Waals surface area contributed by atoms with Crippen LogP contribution >= 0.6 is 0 Å². The summed E-state index contributed by atoms with van der Waals surface area (Å²) in [5.41, 5.74) is 6.87. The molecule has 2 nitrogen and oxygen atoms in total. The lowest BCUT2D eigenvalue weighted by Gasteiger charge is -2.35. The van der Waals surface area contributed by atoms with Crippen molar-refractivity contribution in [1.82, 2.24) is 4.90 Å². The average Bonchev–Trinajstić information content (AvgIpc) is 3.12. The Kier molecular flexibility index (Phi) is 2.99. The molecule has 0 bridgehead atoms. The van der Waals surface area contributed by atoms with Gasteiger partial charge in [0.2, 0.25) is 0 Å². The van der Waals surface area contributed by atoms with E-state index in [1.54, 1.807) is 0 Å². The molecule has 0 saturated heterocycles. The summed E-state index contributed by atoms with van der Waals surface area (Å²) in [5.74, 6) is 2.01. The molecule has 0 spiro atoms. The molecule has 3 aliphatic rings.